The normalized spacial score (nSPS) is 14.7. The minimum Gasteiger partial charge on any atom is -0.380 e. The number of hydrogen-bond donors (Lipinski definition) is 3. The van der Waals surface area contributed by atoms with Crippen molar-refractivity contribution in [2.45, 2.75) is 25.9 Å². The molecular weight excluding hydrogens is 414 g/mol. The Morgan fingerprint density at radius 1 is 1.03 bits per heavy atom. The van der Waals surface area contributed by atoms with Crippen LogP contribution in [0.5, 0.6) is 0 Å². The van der Waals surface area contributed by atoms with E-state index in [-0.39, 0.29) is 11.9 Å². The Morgan fingerprint density at radius 3 is 2.66 bits per heavy atom. The first-order chi connectivity index (χ1) is 15.6. The Balaban J connectivity index is 1.33. The standard InChI is InChI=1S/C27H27N3OS/c1-17-10-11-22(30-23-15-28-16-23)14-24(17)27(31)29-18(2)19-7-5-8-20(12-19)26-13-21-6-3-4-9-25(21)32-26/h3-14,18,23,28,30H,15-16H2,1-2H3,(H,29,31)/t18-/m1/s1. The van der Waals surface area contributed by atoms with Crippen molar-refractivity contribution >= 4 is 33.0 Å². The van der Waals surface area contributed by atoms with E-state index in [0.29, 0.717) is 6.04 Å². The summed E-state index contributed by atoms with van der Waals surface area (Å²) in [5.41, 5.74) is 4.97. The Kier molecular flexibility index (Phi) is 5.68. The first kappa shape index (κ1) is 20.7. The van der Waals surface area contributed by atoms with Crippen LogP contribution in [0.2, 0.25) is 0 Å². The first-order valence-electron chi connectivity index (χ1n) is 11.0. The van der Waals surface area contributed by atoms with E-state index in [4.69, 9.17) is 0 Å². The molecule has 1 aliphatic heterocycles. The quantitative estimate of drug-likeness (QED) is 0.357. The summed E-state index contributed by atoms with van der Waals surface area (Å²) in [6.45, 7) is 5.95. The van der Waals surface area contributed by atoms with Crippen LogP contribution in [-0.4, -0.2) is 25.0 Å². The minimum atomic E-state index is -0.0938. The lowest BCUT2D eigenvalue weighted by Crippen LogP contribution is -2.51. The zero-order chi connectivity index (χ0) is 22.1. The molecule has 1 amide bonds. The highest BCUT2D eigenvalue weighted by atomic mass is 32.1. The summed E-state index contributed by atoms with van der Waals surface area (Å²) in [6, 6.07) is 25.5. The van der Waals surface area contributed by atoms with Gasteiger partial charge in [0, 0.05) is 33.9 Å². The fourth-order valence-electron chi connectivity index (χ4n) is 4.03. The topological polar surface area (TPSA) is 53.2 Å². The molecule has 0 unspecified atom stereocenters. The SMILES string of the molecule is Cc1ccc(NC2CNC2)cc1C(=O)N[C@H](C)c1cccc(-c2cc3ccccc3s2)c1. The molecule has 1 aromatic heterocycles. The van der Waals surface area contributed by atoms with E-state index in [0.717, 1.165) is 35.5 Å². The van der Waals surface area contributed by atoms with Crippen LogP contribution in [0.15, 0.2) is 72.8 Å². The predicted octanol–water partition coefficient (Wildman–Crippen LogP) is 5.75. The van der Waals surface area contributed by atoms with Gasteiger partial charge < -0.3 is 16.0 Å². The Bertz CT molecular complexity index is 1240. The molecule has 162 valence electrons. The number of nitrogens with one attached hydrogen (secondary N) is 3. The van der Waals surface area contributed by atoms with Gasteiger partial charge in [0.05, 0.1) is 12.1 Å². The summed E-state index contributed by atoms with van der Waals surface area (Å²) < 4.78 is 1.29. The second-order valence-electron chi connectivity index (χ2n) is 8.50. The van der Waals surface area contributed by atoms with Crippen molar-refractivity contribution in [1.82, 2.24) is 10.6 Å². The van der Waals surface area contributed by atoms with Crippen LogP contribution in [0.4, 0.5) is 5.69 Å². The second kappa shape index (κ2) is 8.77. The largest absolute Gasteiger partial charge is 0.380 e. The van der Waals surface area contributed by atoms with Gasteiger partial charge in [0.1, 0.15) is 0 Å². The molecule has 0 bridgehead atoms. The molecule has 1 atom stereocenters. The van der Waals surface area contributed by atoms with E-state index in [9.17, 15) is 4.79 Å². The molecular formula is C27H27N3OS. The van der Waals surface area contributed by atoms with E-state index in [1.54, 1.807) is 11.3 Å². The maximum absolute atomic E-state index is 13.1. The van der Waals surface area contributed by atoms with E-state index in [1.807, 2.05) is 32.0 Å². The highest BCUT2D eigenvalue weighted by Crippen LogP contribution is 2.34. The molecule has 0 saturated carbocycles. The highest BCUT2D eigenvalue weighted by Gasteiger charge is 2.18. The Morgan fingerprint density at radius 2 is 1.88 bits per heavy atom. The minimum absolute atomic E-state index is 0.0438. The van der Waals surface area contributed by atoms with Gasteiger partial charge in [-0.2, -0.15) is 0 Å². The van der Waals surface area contributed by atoms with Crippen LogP contribution in [-0.2, 0) is 0 Å². The number of hydrogen-bond acceptors (Lipinski definition) is 4. The van der Waals surface area contributed by atoms with Crippen molar-refractivity contribution in [3.8, 4) is 10.4 Å². The van der Waals surface area contributed by atoms with Crippen LogP contribution in [0.25, 0.3) is 20.5 Å². The molecule has 0 spiro atoms. The predicted molar refractivity (Wildman–Crippen MR) is 135 cm³/mol. The van der Waals surface area contributed by atoms with Gasteiger partial charge in [0.15, 0.2) is 0 Å². The number of thiophene rings is 1. The van der Waals surface area contributed by atoms with Crippen LogP contribution in [0.1, 0.15) is 34.5 Å². The van der Waals surface area contributed by atoms with Gasteiger partial charge in [-0.3, -0.25) is 4.79 Å². The number of amides is 1. The summed E-state index contributed by atoms with van der Waals surface area (Å²) in [5.74, 6) is -0.0438. The zero-order valence-electron chi connectivity index (χ0n) is 18.3. The summed E-state index contributed by atoms with van der Waals surface area (Å²) in [6.07, 6.45) is 0. The maximum atomic E-state index is 13.1. The lowest BCUT2D eigenvalue weighted by molar-refractivity contribution is 0.0939. The third-order valence-corrected chi connectivity index (χ3v) is 7.24. The third kappa shape index (κ3) is 4.27. The monoisotopic (exact) mass is 441 g/mol. The molecule has 1 fully saturated rings. The number of anilines is 1. The fraction of sp³-hybridized carbons (Fsp3) is 0.222. The van der Waals surface area contributed by atoms with Gasteiger partial charge in [-0.25, -0.2) is 0 Å². The molecule has 4 aromatic rings. The van der Waals surface area contributed by atoms with Gasteiger partial charge in [-0.1, -0.05) is 42.5 Å². The molecule has 1 aliphatic rings. The number of rotatable bonds is 6. The van der Waals surface area contributed by atoms with Crippen molar-refractivity contribution in [2.24, 2.45) is 0 Å². The number of fused-ring (bicyclic) bond motifs is 1. The second-order valence-corrected chi connectivity index (χ2v) is 9.58. The van der Waals surface area contributed by atoms with Gasteiger partial charge in [0.25, 0.3) is 5.91 Å². The van der Waals surface area contributed by atoms with Gasteiger partial charge in [-0.15, -0.1) is 11.3 Å². The Hall–Kier alpha value is -3.15. The van der Waals surface area contributed by atoms with Crippen molar-refractivity contribution in [1.29, 1.82) is 0 Å². The number of carbonyl (C=O) groups excluding carboxylic acids is 1. The molecule has 1 saturated heterocycles. The molecule has 4 nitrogen and oxygen atoms in total. The summed E-state index contributed by atoms with van der Waals surface area (Å²) in [4.78, 5) is 14.3. The lowest BCUT2D eigenvalue weighted by atomic mass is 10.0. The molecule has 5 heteroatoms. The van der Waals surface area contributed by atoms with Crippen LogP contribution < -0.4 is 16.0 Å². The van der Waals surface area contributed by atoms with Crippen LogP contribution in [0.3, 0.4) is 0 Å². The molecule has 5 rings (SSSR count). The Labute approximate surface area is 192 Å². The average Bonchev–Trinajstić information content (AvgIpc) is 3.21. The fourth-order valence-corrected chi connectivity index (χ4v) is 5.09. The van der Waals surface area contributed by atoms with Gasteiger partial charge >= 0.3 is 0 Å². The molecule has 2 heterocycles. The number of benzene rings is 3. The summed E-state index contributed by atoms with van der Waals surface area (Å²) in [7, 11) is 0. The molecule has 3 aromatic carbocycles. The van der Waals surface area contributed by atoms with E-state index >= 15 is 0 Å². The molecule has 0 aliphatic carbocycles. The van der Waals surface area contributed by atoms with E-state index in [2.05, 4.69) is 70.5 Å². The molecule has 0 radical (unpaired) electrons. The van der Waals surface area contributed by atoms with Crippen molar-refractivity contribution in [3.05, 3.63) is 89.5 Å². The number of aryl methyl sites for hydroxylation is 1. The van der Waals surface area contributed by atoms with E-state index < -0.39 is 0 Å². The first-order valence-corrected chi connectivity index (χ1v) is 11.9. The van der Waals surface area contributed by atoms with Gasteiger partial charge in [0.2, 0.25) is 0 Å². The molecule has 3 N–H and O–H groups in total. The lowest BCUT2D eigenvalue weighted by Gasteiger charge is -2.29. The van der Waals surface area contributed by atoms with Crippen molar-refractivity contribution in [2.75, 3.05) is 18.4 Å². The molecule has 32 heavy (non-hydrogen) atoms. The zero-order valence-corrected chi connectivity index (χ0v) is 19.1. The maximum Gasteiger partial charge on any atom is 0.252 e. The third-order valence-electron chi connectivity index (χ3n) is 6.08. The summed E-state index contributed by atoms with van der Waals surface area (Å²) in [5, 5.41) is 11.2. The number of carbonyl (C=O) groups is 1. The van der Waals surface area contributed by atoms with Crippen molar-refractivity contribution in [3.63, 3.8) is 0 Å². The van der Waals surface area contributed by atoms with E-state index in [1.165, 1.54) is 20.5 Å². The van der Waals surface area contributed by atoms with Gasteiger partial charge in [-0.05, 0) is 66.3 Å². The van der Waals surface area contributed by atoms with Crippen LogP contribution in [0, 0.1) is 6.92 Å². The average molecular weight is 442 g/mol. The van der Waals surface area contributed by atoms with Crippen LogP contribution >= 0.6 is 11.3 Å². The smallest absolute Gasteiger partial charge is 0.252 e. The van der Waals surface area contributed by atoms with Crippen molar-refractivity contribution < 1.29 is 4.79 Å². The highest BCUT2D eigenvalue weighted by molar-refractivity contribution is 7.22. The summed E-state index contributed by atoms with van der Waals surface area (Å²) >= 11 is 1.80.